The van der Waals surface area contributed by atoms with Crippen molar-refractivity contribution in [3.05, 3.63) is 0 Å². The minimum Gasteiger partial charge on any atom is -0.368 e. The molecule has 3 heteroatoms. The van der Waals surface area contributed by atoms with E-state index >= 15 is 0 Å². The summed E-state index contributed by atoms with van der Waals surface area (Å²) in [4.78, 5) is 0. The van der Waals surface area contributed by atoms with Crippen molar-refractivity contribution >= 4 is 37.7 Å². The number of ether oxygens (including phenoxy) is 1. The van der Waals surface area contributed by atoms with Gasteiger partial charge in [0.25, 0.3) is 0 Å². The standard InChI is InChI=1S/C3H8O2.Ca/c1-3(4)5-2;/h3-4H,1-2H3;. The molecule has 1 N–H and O–H groups in total. The van der Waals surface area contributed by atoms with E-state index in [0.29, 0.717) is 0 Å². The quantitative estimate of drug-likeness (QED) is 0.373. The summed E-state index contributed by atoms with van der Waals surface area (Å²) in [5, 5.41) is 8.14. The third-order valence-corrected chi connectivity index (χ3v) is 0.341. The maximum atomic E-state index is 8.14. The fraction of sp³-hybridized carbons (Fsp3) is 1.00. The molecule has 0 aromatic heterocycles. The minimum atomic E-state index is -0.616. The summed E-state index contributed by atoms with van der Waals surface area (Å²) in [5.74, 6) is 0. The van der Waals surface area contributed by atoms with Crippen LogP contribution in [0.25, 0.3) is 0 Å². The normalized spacial score (nSPS) is 12.5. The average molecular weight is 116 g/mol. The van der Waals surface area contributed by atoms with E-state index in [1.807, 2.05) is 0 Å². The molecule has 0 rings (SSSR count). The zero-order valence-electron chi connectivity index (χ0n) is 4.14. The summed E-state index contributed by atoms with van der Waals surface area (Å²) in [7, 11) is 1.45. The van der Waals surface area contributed by atoms with E-state index in [-0.39, 0.29) is 37.7 Å². The summed E-state index contributed by atoms with van der Waals surface area (Å²) in [6.45, 7) is 1.56. The third-order valence-electron chi connectivity index (χ3n) is 0.341. The first-order chi connectivity index (χ1) is 2.27. The first kappa shape index (κ1) is 10.2. The third kappa shape index (κ3) is 8.95. The number of methoxy groups -OCH3 is 1. The van der Waals surface area contributed by atoms with Crippen molar-refractivity contribution in [2.75, 3.05) is 7.11 Å². The van der Waals surface area contributed by atoms with E-state index < -0.39 is 6.29 Å². The van der Waals surface area contributed by atoms with E-state index in [9.17, 15) is 0 Å². The molecule has 0 aliphatic heterocycles. The Balaban J connectivity index is 0. The number of aliphatic hydroxyl groups is 1. The number of hydrogen-bond acceptors (Lipinski definition) is 2. The Morgan fingerprint density at radius 1 is 1.67 bits per heavy atom. The van der Waals surface area contributed by atoms with Crippen molar-refractivity contribution in [2.24, 2.45) is 0 Å². The van der Waals surface area contributed by atoms with Gasteiger partial charge >= 0.3 is 0 Å². The van der Waals surface area contributed by atoms with Gasteiger partial charge in [-0.2, -0.15) is 0 Å². The minimum absolute atomic E-state index is 0. The smallest absolute Gasteiger partial charge is 0.151 e. The van der Waals surface area contributed by atoms with Crippen LogP contribution in [0.4, 0.5) is 0 Å². The monoisotopic (exact) mass is 116 g/mol. The van der Waals surface area contributed by atoms with Gasteiger partial charge in [0.2, 0.25) is 0 Å². The van der Waals surface area contributed by atoms with Crippen LogP contribution in [-0.4, -0.2) is 56.2 Å². The van der Waals surface area contributed by atoms with E-state index in [4.69, 9.17) is 5.11 Å². The van der Waals surface area contributed by atoms with Gasteiger partial charge in [0.15, 0.2) is 6.29 Å². The summed E-state index contributed by atoms with van der Waals surface area (Å²) < 4.78 is 4.31. The topological polar surface area (TPSA) is 29.5 Å². The average Bonchev–Trinajstić information content (AvgIpc) is 1.38. The molecule has 0 fully saturated rings. The molecule has 0 aliphatic carbocycles. The van der Waals surface area contributed by atoms with Crippen molar-refractivity contribution < 1.29 is 9.84 Å². The van der Waals surface area contributed by atoms with Gasteiger partial charge in [-0.1, -0.05) is 0 Å². The maximum absolute atomic E-state index is 8.14. The molecule has 0 saturated heterocycles. The molecular formula is C3H8CaO2. The van der Waals surface area contributed by atoms with Crippen LogP contribution in [0.1, 0.15) is 6.92 Å². The Labute approximate surface area is 67.5 Å². The second-order valence-corrected chi connectivity index (χ2v) is 0.835. The van der Waals surface area contributed by atoms with Crippen LogP contribution < -0.4 is 0 Å². The fourth-order valence-corrected chi connectivity index (χ4v) is 0. The molecule has 2 radical (unpaired) electrons. The van der Waals surface area contributed by atoms with Gasteiger partial charge in [0, 0.05) is 44.8 Å². The Bertz CT molecular complexity index is 22.8. The van der Waals surface area contributed by atoms with Gasteiger partial charge in [-0.15, -0.1) is 0 Å². The molecule has 2 nitrogen and oxygen atoms in total. The van der Waals surface area contributed by atoms with Crippen LogP contribution >= 0.6 is 0 Å². The summed E-state index contributed by atoms with van der Waals surface area (Å²) in [6, 6.07) is 0. The second-order valence-electron chi connectivity index (χ2n) is 0.835. The molecule has 0 bridgehead atoms. The van der Waals surface area contributed by atoms with Gasteiger partial charge in [-0.05, 0) is 6.92 Å². The van der Waals surface area contributed by atoms with Crippen LogP contribution in [0, 0.1) is 0 Å². The van der Waals surface area contributed by atoms with Crippen molar-refractivity contribution in [3.8, 4) is 0 Å². The predicted octanol–water partition coefficient (Wildman–Crippen LogP) is -0.410. The van der Waals surface area contributed by atoms with Gasteiger partial charge < -0.3 is 9.84 Å². The molecule has 1 unspecified atom stereocenters. The number of hydrogen-bond donors (Lipinski definition) is 1. The van der Waals surface area contributed by atoms with Crippen LogP contribution in [0.3, 0.4) is 0 Å². The first-order valence-electron chi connectivity index (χ1n) is 1.48. The van der Waals surface area contributed by atoms with Gasteiger partial charge in [-0.3, -0.25) is 0 Å². The molecule has 1 atom stereocenters. The van der Waals surface area contributed by atoms with Crippen molar-refractivity contribution in [3.63, 3.8) is 0 Å². The van der Waals surface area contributed by atoms with Crippen LogP contribution in [0.15, 0.2) is 0 Å². The van der Waals surface area contributed by atoms with Crippen LogP contribution in [0.5, 0.6) is 0 Å². The Morgan fingerprint density at radius 3 is 1.83 bits per heavy atom. The molecule has 0 amide bonds. The van der Waals surface area contributed by atoms with Gasteiger partial charge in [-0.25, -0.2) is 0 Å². The van der Waals surface area contributed by atoms with Crippen molar-refractivity contribution in [1.29, 1.82) is 0 Å². The SMILES string of the molecule is COC(C)O.[Ca]. The van der Waals surface area contributed by atoms with Crippen molar-refractivity contribution in [2.45, 2.75) is 13.2 Å². The molecule has 0 aromatic carbocycles. The van der Waals surface area contributed by atoms with E-state index in [2.05, 4.69) is 4.74 Å². The maximum Gasteiger partial charge on any atom is 0.151 e. The summed E-state index contributed by atoms with van der Waals surface area (Å²) >= 11 is 0. The van der Waals surface area contributed by atoms with Gasteiger partial charge in [0.05, 0.1) is 0 Å². The Kier molecular flexibility index (Phi) is 10.5. The molecule has 0 aliphatic rings. The summed E-state index contributed by atoms with van der Waals surface area (Å²) in [5.41, 5.74) is 0. The summed E-state index contributed by atoms with van der Waals surface area (Å²) in [6.07, 6.45) is -0.616. The van der Waals surface area contributed by atoms with Crippen LogP contribution in [0.2, 0.25) is 0 Å². The van der Waals surface area contributed by atoms with Gasteiger partial charge in [0.1, 0.15) is 0 Å². The number of rotatable bonds is 1. The van der Waals surface area contributed by atoms with E-state index in [0.717, 1.165) is 0 Å². The first-order valence-corrected chi connectivity index (χ1v) is 1.48. The van der Waals surface area contributed by atoms with E-state index in [1.54, 1.807) is 6.92 Å². The molecule has 0 heterocycles. The molecule has 0 aromatic rings. The molecule has 0 saturated carbocycles. The number of aliphatic hydroxyl groups excluding tert-OH is 1. The largest absolute Gasteiger partial charge is 0.368 e. The zero-order valence-corrected chi connectivity index (χ0v) is 6.35. The van der Waals surface area contributed by atoms with E-state index in [1.165, 1.54) is 7.11 Å². The fourth-order valence-electron chi connectivity index (χ4n) is 0. The Hall–Kier alpha value is 1.18. The molecule has 6 heavy (non-hydrogen) atoms. The molecule has 34 valence electrons. The predicted molar refractivity (Wildman–Crippen MR) is 24.4 cm³/mol. The Morgan fingerprint density at radius 2 is 1.83 bits per heavy atom. The van der Waals surface area contributed by atoms with Crippen LogP contribution in [-0.2, 0) is 4.74 Å². The zero-order chi connectivity index (χ0) is 4.28. The second kappa shape index (κ2) is 6.18. The molecule has 0 spiro atoms. The van der Waals surface area contributed by atoms with Crippen molar-refractivity contribution in [1.82, 2.24) is 0 Å². The molecular weight excluding hydrogens is 108 g/mol.